The van der Waals surface area contributed by atoms with Crippen molar-refractivity contribution in [1.82, 2.24) is 14.8 Å². The fourth-order valence-electron chi connectivity index (χ4n) is 1.79. The summed E-state index contributed by atoms with van der Waals surface area (Å²) in [5, 5.41) is 3.67. The molecule has 3 aromatic rings. The van der Waals surface area contributed by atoms with E-state index < -0.39 is 9.84 Å². The summed E-state index contributed by atoms with van der Waals surface area (Å²) in [6, 6.07) is 6.55. The van der Waals surface area contributed by atoms with E-state index in [0.29, 0.717) is 16.8 Å². The number of oxazole rings is 1. The van der Waals surface area contributed by atoms with Crippen molar-refractivity contribution in [2.45, 2.75) is 11.8 Å². The molecule has 0 saturated carbocycles. The van der Waals surface area contributed by atoms with Crippen LogP contribution < -0.4 is 5.73 Å². The van der Waals surface area contributed by atoms with Gasteiger partial charge in [0.2, 0.25) is 9.84 Å². The molecule has 2 aromatic heterocycles. The summed E-state index contributed by atoms with van der Waals surface area (Å²) in [7, 11) is -3.59. The zero-order valence-electron chi connectivity index (χ0n) is 10.4. The van der Waals surface area contributed by atoms with Crippen LogP contribution >= 0.6 is 0 Å². The van der Waals surface area contributed by atoms with Gasteiger partial charge >= 0.3 is 5.22 Å². The summed E-state index contributed by atoms with van der Waals surface area (Å²) in [4.78, 5) is 3.99. The van der Waals surface area contributed by atoms with Crippen LogP contribution in [-0.2, 0) is 16.4 Å². The number of rotatable bonds is 4. The van der Waals surface area contributed by atoms with E-state index in [4.69, 9.17) is 10.2 Å². The summed E-state index contributed by atoms with van der Waals surface area (Å²) < 4.78 is 31.1. The monoisotopic (exact) mass is 292 g/mol. The lowest BCUT2D eigenvalue weighted by atomic mass is 10.3. The second kappa shape index (κ2) is 4.64. The third-order valence-electron chi connectivity index (χ3n) is 2.81. The molecule has 3 rings (SSSR count). The van der Waals surface area contributed by atoms with Crippen LogP contribution in [0.5, 0.6) is 0 Å². The summed E-state index contributed by atoms with van der Waals surface area (Å²) in [5.41, 5.74) is 6.94. The smallest absolute Gasteiger partial charge is 0.316 e. The Kier molecular flexibility index (Phi) is 2.94. The molecule has 0 aliphatic heterocycles. The van der Waals surface area contributed by atoms with Crippen molar-refractivity contribution in [3.63, 3.8) is 0 Å². The average molecular weight is 292 g/mol. The Balaban J connectivity index is 1.88. The van der Waals surface area contributed by atoms with Crippen LogP contribution in [-0.4, -0.2) is 28.9 Å². The highest BCUT2D eigenvalue weighted by molar-refractivity contribution is 7.91. The van der Waals surface area contributed by atoms with Gasteiger partial charge in [-0.3, -0.25) is 4.68 Å². The van der Waals surface area contributed by atoms with E-state index >= 15 is 0 Å². The number of aryl methyl sites for hydroxylation is 1. The number of nitrogen functional groups attached to an aromatic ring is 1. The van der Waals surface area contributed by atoms with Crippen LogP contribution in [0.25, 0.3) is 11.1 Å². The number of fused-ring (bicyclic) bond motifs is 1. The van der Waals surface area contributed by atoms with E-state index in [1.807, 2.05) is 0 Å². The number of anilines is 1. The Morgan fingerprint density at radius 2 is 2.20 bits per heavy atom. The molecular formula is C12H12N4O3S. The summed E-state index contributed by atoms with van der Waals surface area (Å²) >= 11 is 0. The van der Waals surface area contributed by atoms with Crippen molar-refractivity contribution >= 4 is 26.6 Å². The first-order valence-corrected chi connectivity index (χ1v) is 7.56. The van der Waals surface area contributed by atoms with Gasteiger partial charge < -0.3 is 10.2 Å². The molecular weight excluding hydrogens is 280 g/mol. The molecule has 104 valence electrons. The number of nitrogens with two attached hydrogens (primary N) is 1. The van der Waals surface area contributed by atoms with Crippen LogP contribution in [0.3, 0.4) is 0 Å². The number of benzene rings is 1. The van der Waals surface area contributed by atoms with Gasteiger partial charge in [-0.25, -0.2) is 8.42 Å². The fraction of sp³-hybridized carbons (Fsp3) is 0.167. The highest BCUT2D eigenvalue weighted by Gasteiger charge is 2.22. The van der Waals surface area contributed by atoms with E-state index in [1.165, 1.54) is 4.68 Å². The first-order valence-electron chi connectivity index (χ1n) is 5.91. The van der Waals surface area contributed by atoms with Crippen molar-refractivity contribution in [3.05, 3.63) is 36.7 Å². The largest absolute Gasteiger partial charge is 0.428 e. The molecule has 0 saturated heterocycles. The van der Waals surface area contributed by atoms with Crippen LogP contribution in [0, 0.1) is 0 Å². The molecule has 20 heavy (non-hydrogen) atoms. The number of aromatic nitrogens is 3. The topological polar surface area (TPSA) is 104 Å². The third-order valence-corrected chi connectivity index (χ3v) is 4.23. The molecule has 0 spiro atoms. The molecule has 7 nitrogen and oxygen atoms in total. The molecule has 8 heteroatoms. The molecule has 0 aliphatic carbocycles. The Hall–Kier alpha value is -2.35. The Labute approximate surface area is 114 Å². The van der Waals surface area contributed by atoms with Gasteiger partial charge in [0, 0.05) is 24.1 Å². The third kappa shape index (κ3) is 2.37. The maximum Gasteiger partial charge on any atom is 0.316 e. The van der Waals surface area contributed by atoms with Gasteiger partial charge in [-0.2, -0.15) is 10.1 Å². The number of nitrogens with zero attached hydrogens (tertiary/aromatic N) is 3. The molecule has 1 aromatic carbocycles. The van der Waals surface area contributed by atoms with Crippen molar-refractivity contribution in [3.8, 4) is 0 Å². The summed E-state index contributed by atoms with van der Waals surface area (Å²) in [6.07, 6.45) is 3.29. The first-order chi connectivity index (χ1) is 9.54. The predicted octanol–water partition coefficient (Wildman–Crippen LogP) is 1.08. The van der Waals surface area contributed by atoms with Gasteiger partial charge in [0.15, 0.2) is 5.58 Å². The molecule has 0 radical (unpaired) electrons. The molecule has 2 N–H and O–H groups in total. The fourth-order valence-corrected chi connectivity index (χ4v) is 2.84. The molecule has 0 fully saturated rings. The van der Waals surface area contributed by atoms with Crippen molar-refractivity contribution in [2.75, 3.05) is 11.5 Å². The summed E-state index contributed by atoms with van der Waals surface area (Å²) in [6.45, 7) is 0.246. The van der Waals surface area contributed by atoms with Crippen LogP contribution in [0.2, 0.25) is 0 Å². The zero-order chi connectivity index (χ0) is 14.2. The van der Waals surface area contributed by atoms with Gasteiger partial charge in [0.25, 0.3) is 0 Å². The van der Waals surface area contributed by atoms with E-state index in [2.05, 4.69) is 10.1 Å². The zero-order valence-corrected chi connectivity index (χ0v) is 11.2. The van der Waals surface area contributed by atoms with Gasteiger partial charge in [-0.1, -0.05) is 0 Å². The number of hydrogen-bond donors (Lipinski definition) is 1. The van der Waals surface area contributed by atoms with E-state index in [0.717, 1.165) is 0 Å². The maximum absolute atomic E-state index is 12.2. The standard InChI is InChI=1S/C12H12N4O3S/c13-9-2-3-10-11(8-9)19-12(15-10)20(17,18)7-6-16-5-1-4-14-16/h1-5,8H,6-7,13H2. The number of hydrogen-bond acceptors (Lipinski definition) is 6. The molecule has 0 atom stereocenters. The minimum absolute atomic E-state index is 0.128. The first kappa shape index (κ1) is 12.7. The van der Waals surface area contributed by atoms with E-state index in [9.17, 15) is 8.42 Å². The van der Waals surface area contributed by atoms with E-state index in [1.54, 1.807) is 36.7 Å². The Bertz CT molecular complexity index is 837. The second-order valence-corrected chi connectivity index (χ2v) is 6.28. The second-order valence-electron chi connectivity index (χ2n) is 4.29. The Morgan fingerprint density at radius 1 is 1.35 bits per heavy atom. The van der Waals surface area contributed by atoms with Crippen LogP contribution in [0.4, 0.5) is 5.69 Å². The van der Waals surface area contributed by atoms with Gasteiger partial charge in [0.1, 0.15) is 5.52 Å². The average Bonchev–Trinajstić information content (AvgIpc) is 3.05. The highest BCUT2D eigenvalue weighted by atomic mass is 32.2. The van der Waals surface area contributed by atoms with Crippen LogP contribution in [0.15, 0.2) is 46.3 Å². The quantitative estimate of drug-likeness (QED) is 0.721. The molecule has 2 heterocycles. The van der Waals surface area contributed by atoms with Crippen molar-refractivity contribution in [2.24, 2.45) is 0 Å². The minimum Gasteiger partial charge on any atom is -0.428 e. The van der Waals surface area contributed by atoms with Gasteiger partial charge in [-0.15, -0.1) is 0 Å². The van der Waals surface area contributed by atoms with Gasteiger partial charge in [-0.05, 0) is 18.2 Å². The highest BCUT2D eigenvalue weighted by Crippen LogP contribution is 2.21. The van der Waals surface area contributed by atoms with Gasteiger partial charge in [0.05, 0.1) is 12.3 Å². The Morgan fingerprint density at radius 3 is 2.95 bits per heavy atom. The predicted molar refractivity (Wildman–Crippen MR) is 72.7 cm³/mol. The lowest BCUT2D eigenvalue weighted by Crippen LogP contribution is -2.13. The molecule has 0 bridgehead atoms. The summed E-state index contributed by atoms with van der Waals surface area (Å²) in [5.74, 6) is -0.128. The maximum atomic E-state index is 12.2. The molecule has 0 amide bonds. The lowest BCUT2D eigenvalue weighted by Gasteiger charge is -2.00. The number of sulfone groups is 1. The minimum atomic E-state index is -3.59. The van der Waals surface area contributed by atoms with E-state index in [-0.39, 0.29) is 17.5 Å². The van der Waals surface area contributed by atoms with Crippen molar-refractivity contribution < 1.29 is 12.8 Å². The van der Waals surface area contributed by atoms with Crippen LogP contribution in [0.1, 0.15) is 0 Å². The SMILES string of the molecule is Nc1ccc2nc(S(=O)(=O)CCn3cccn3)oc2c1. The lowest BCUT2D eigenvalue weighted by molar-refractivity contribution is 0.456. The molecule has 0 unspecified atom stereocenters. The molecule has 0 aliphatic rings. The van der Waals surface area contributed by atoms with Crippen molar-refractivity contribution in [1.29, 1.82) is 0 Å². The normalized spacial score (nSPS) is 12.0.